The summed E-state index contributed by atoms with van der Waals surface area (Å²) in [5, 5.41) is 13.6. The van der Waals surface area contributed by atoms with Crippen LogP contribution in [0.5, 0.6) is 0 Å². The lowest BCUT2D eigenvalue weighted by Gasteiger charge is -2.25. The van der Waals surface area contributed by atoms with Crippen LogP contribution in [0.4, 0.5) is 0 Å². The molecule has 0 saturated heterocycles. The van der Waals surface area contributed by atoms with Crippen LogP contribution in [0.1, 0.15) is 123 Å². The topological polar surface area (TPSA) is 105 Å². The average Bonchev–Trinajstić information content (AvgIpc) is 2.97. The predicted molar refractivity (Wildman–Crippen MR) is 189 cm³/mol. The molecule has 8 nitrogen and oxygen atoms in total. The van der Waals surface area contributed by atoms with E-state index in [1.807, 2.05) is 27.2 Å². The first-order valence-corrected chi connectivity index (χ1v) is 19.0. The molecule has 0 bridgehead atoms. The molecule has 0 radical (unpaired) electrons. The monoisotopic (exact) mass is 655 g/mol. The second-order valence-corrected chi connectivity index (χ2v) is 14.3. The van der Waals surface area contributed by atoms with E-state index in [2.05, 4.69) is 55.6 Å². The second kappa shape index (κ2) is 28.7. The Bertz CT molecular complexity index is 881. The number of carbonyl (C=O) groups excluding carboxylic acids is 1. The lowest BCUT2D eigenvalue weighted by molar-refractivity contribution is -0.870. The molecule has 3 N–H and O–H groups in total. The minimum atomic E-state index is -4.34. The van der Waals surface area contributed by atoms with Gasteiger partial charge < -0.3 is 19.8 Å². The summed E-state index contributed by atoms with van der Waals surface area (Å²) in [4.78, 5) is 22.9. The number of rotatable bonds is 30. The number of allylic oxidation sites excluding steroid dienone is 7. The molecule has 0 heterocycles. The minimum Gasteiger partial charge on any atom is -0.387 e. The van der Waals surface area contributed by atoms with E-state index >= 15 is 0 Å². The van der Waals surface area contributed by atoms with E-state index in [1.54, 1.807) is 6.08 Å². The van der Waals surface area contributed by atoms with Gasteiger partial charge in [-0.25, -0.2) is 4.57 Å². The number of hydrogen-bond acceptors (Lipinski definition) is 5. The Balaban J connectivity index is 4.72. The zero-order chi connectivity index (χ0) is 33.7. The quantitative estimate of drug-likeness (QED) is 0.0310. The van der Waals surface area contributed by atoms with Crippen LogP contribution >= 0.6 is 7.82 Å². The Morgan fingerprint density at radius 2 is 1.27 bits per heavy atom. The van der Waals surface area contributed by atoms with Crippen molar-refractivity contribution in [1.82, 2.24) is 5.32 Å². The highest BCUT2D eigenvalue weighted by Crippen LogP contribution is 2.43. The molecule has 1 amide bonds. The number of carbonyl (C=O) groups is 1. The zero-order valence-corrected chi connectivity index (χ0v) is 30.2. The van der Waals surface area contributed by atoms with Gasteiger partial charge in [-0.2, -0.15) is 0 Å². The maximum atomic E-state index is 12.7. The van der Waals surface area contributed by atoms with Crippen molar-refractivity contribution in [3.8, 4) is 0 Å². The number of nitrogens with zero attached hydrogens (tertiary/aromatic N) is 1. The van der Waals surface area contributed by atoms with Gasteiger partial charge in [0.1, 0.15) is 13.2 Å². The van der Waals surface area contributed by atoms with Gasteiger partial charge in [-0.15, -0.1) is 0 Å². The third kappa shape index (κ3) is 30.9. The number of aliphatic hydroxyl groups excluding tert-OH is 1. The molecule has 0 spiro atoms. The summed E-state index contributed by atoms with van der Waals surface area (Å²) in [7, 11) is 1.53. The molecular weight excluding hydrogens is 587 g/mol. The van der Waals surface area contributed by atoms with Crippen molar-refractivity contribution in [3.63, 3.8) is 0 Å². The highest BCUT2D eigenvalue weighted by Gasteiger charge is 2.27. The molecule has 0 saturated carbocycles. The molecular formula is C36H68N2O6P+. The maximum absolute atomic E-state index is 12.7. The van der Waals surface area contributed by atoms with E-state index in [1.165, 1.54) is 25.7 Å². The van der Waals surface area contributed by atoms with E-state index in [-0.39, 0.29) is 19.1 Å². The molecule has 0 aliphatic carbocycles. The van der Waals surface area contributed by atoms with Crippen molar-refractivity contribution in [2.24, 2.45) is 0 Å². The first-order valence-electron chi connectivity index (χ1n) is 17.5. The first-order chi connectivity index (χ1) is 21.5. The van der Waals surface area contributed by atoms with E-state index in [0.717, 1.165) is 77.0 Å². The number of phosphoric acid groups is 1. The van der Waals surface area contributed by atoms with Crippen LogP contribution in [0.2, 0.25) is 0 Å². The van der Waals surface area contributed by atoms with Crippen molar-refractivity contribution in [2.75, 3.05) is 40.9 Å². The molecule has 0 rings (SSSR count). The van der Waals surface area contributed by atoms with Gasteiger partial charge in [-0.3, -0.25) is 13.8 Å². The Morgan fingerprint density at radius 1 is 0.733 bits per heavy atom. The van der Waals surface area contributed by atoms with Gasteiger partial charge in [0, 0.05) is 6.42 Å². The molecule has 262 valence electrons. The number of hydrogen-bond donors (Lipinski definition) is 3. The van der Waals surface area contributed by atoms with Gasteiger partial charge >= 0.3 is 7.82 Å². The Kier molecular flexibility index (Phi) is 27.7. The summed E-state index contributed by atoms with van der Waals surface area (Å²) >= 11 is 0. The van der Waals surface area contributed by atoms with E-state index < -0.39 is 20.0 Å². The number of quaternary nitrogens is 1. The number of unbranched alkanes of at least 4 members (excludes halogenated alkanes) is 11. The average molecular weight is 656 g/mol. The highest BCUT2D eigenvalue weighted by atomic mass is 31.2. The van der Waals surface area contributed by atoms with Crippen molar-refractivity contribution in [3.05, 3.63) is 48.6 Å². The number of likely N-dealkylation sites (N-methyl/N-ethyl adjacent to an activating group) is 1. The number of amides is 1. The third-order valence-electron chi connectivity index (χ3n) is 7.23. The fourth-order valence-corrected chi connectivity index (χ4v) is 5.10. The molecule has 9 heteroatoms. The summed E-state index contributed by atoms with van der Waals surface area (Å²) in [6, 6.07) is -0.870. The normalized spacial score (nSPS) is 15.4. The minimum absolute atomic E-state index is 0.0501. The van der Waals surface area contributed by atoms with Crippen LogP contribution in [0, 0.1) is 0 Å². The van der Waals surface area contributed by atoms with Crippen LogP contribution in [-0.2, 0) is 18.4 Å². The molecule has 0 aliphatic rings. The summed E-state index contributed by atoms with van der Waals surface area (Å²) in [6.45, 7) is 4.63. The SMILES string of the molecule is CCC/C=C\CCCCCCCC(=O)NC(COP(=O)(O)OCC[N+](C)(C)C)C(O)/C=C/CC/C=C/CC/C=C/CCCCC. The van der Waals surface area contributed by atoms with Crippen LogP contribution in [-0.4, -0.2) is 73.4 Å². The van der Waals surface area contributed by atoms with Crippen molar-refractivity contribution in [2.45, 2.75) is 135 Å². The molecule has 0 fully saturated rings. The van der Waals surface area contributed by atoms with Gasteiger partial charge in [0.15, 0.2) is 0 Å². The van der Waals surface area contributed by atoms with Crippen LogP contribution < -0.4 is 5.32 Å². The maximum Gasteiger partial charge on any atom is 0.472 e. The summed E-state index contributed by atoms with van der Waals surface area (Å²) in [5.41, 5.74) is 0. The summed E-state index contributed by atoms with van der Waals surface area (Å²) in [5.74, 6) is -0.209. The number of nitrogens with one attached hydrogen (secondary N) is 1. The number of phosphoric ester groups is 1. The Hall–Kier alpha value is -1.54. The molecule has 0 aromatic heterocycles. The molecule has 0 aliphatic heterocycles. The van der Waals surface area contributed by atoms with Gasteiger partial charge in [0.25, 0.3) is 0 Å². The van der Waals surface area contributed by atoms with Crippen LogP contribution in [0.25, 0.3) is 0 Å². The van der Waals surface area contributed by atoms with E-state index in [9.17, 15) is 19.4 Å². The summed E-state index contributed by atoms with van der Waals surface area (Å²) in [6.07, 6.45) is 33.2. The van der Waals surface area contributed by atoms with E-state index in [0.29, 0.717) is 17.4 Å². The fraction of sp³-hybridized carbons (Fsp3) is 0.750. The van der Waals surface area contributed by atoms with Crippen molar-refractivity contribution < 1.29 is 32.9 Å². The standard InChI is InChI=1S/C36H67N2O6P/c1-6-8-10-12-14-16-18-19-20-21-23-25-27-29-35(39)34(33-44-45(41,42)43-32-31-38(3,4)5)37-36(40)30-28-26-24-22-17-15-13-11-9-7-2/h11,13-14,16,20-21,27,29,34-35,39H,6-10,12,15,17-19,22-26,28,30-33H2,1-5H3,(H-,37,40,41,42)/p+1/b13-11-,16-14+,21-20+,29-27+. The van der Waals surface area contributed by atoms with Gasteiger partial charge in [-0.05, 0) is 64.2 Å². The second-order valence-electron chi connectivity index (χ2n) is 12.9. The van der Waals surface area contributed by atoms with Crippen molar-refractivity contribution >= 4 is 13.7 Å². The predicted octanol–water partition coefficient (Wildman–Crippen LogP) is 8.57. The zero-order valence-electron chi connectivity index (χ0n) is 29.3. The van der Waals surface area contributed by atoms with Crippen LogP contribution in [0.15, 0.2) is 48.6 Å². The smallest absolute Gasteiger partial charge is 0.387 e. The number of aliphatic hydroxyl groups is 1. The molecule has 45 heavy (non-hydrogen) atoms. The fourth-order valence-electron chi connectivity index (χ4n) is 4.37. The Labute approximate surface area is 276 Å². The van der Waals surface area contributed by atoms with Gasteiger partial charge in [0.05, 0.1) is 39.9 Å². The molecule has 3 unspecified atom stereocenters. The molecule has 0 aromatic carbocycles. The highest BCUT2D eigenvalue weighted by molar-refractivity contribution is 7.47. The first kappa shape index (κ1) is 43.5. The summed E-state index contributed by atoms with van der Waals surface area (Å²) < 4.78 is 23.3. The Morgan fingerprint density at radius 3 is 1.87 bits per heavy atom. The molecule has 0 aromatic rings. The van der Waals surface area contributed by atoms with E-state index in [4.69, 9.17) is 9.05 Å². The van der Waals surface area contributed by atoms with Crippen molar-refractivity contribution in [1.29, 1.82) is 0 Å². The third-order valence-corrected chi connectivity index (χ3v) is 8.21. The lowest BCUT2D eigenvalue weighted by Crippen LogP contribution is -2.45. The lowest BCUT2D eigenvalue weighted by atomic mass is 10.1. The van der Waals surface area contributed by atoms with Gasteiger partial charge in [0.2, 0.25) is 5.91 Å². The largest absolute Gasteiger partial charge is 0.472 e. The van der Waals surface area contributed by atoms with Gasteiger partial charge in [-0.1, -0.05) is 101 Å². The molecule has 3 atom stereocenters. The van der Waals surface area contributed by atoms with Crippen LogP contribution in [0.3, 0.4) is 0 Å².